The first-order chi connectivity index (χ1) is 16.0. The predicted molar refractivity (Wildman–Crippen MR) is 125 cm³/mol. The van der Waals surface area contributed by atoms with Gasteiger partial charge in [-0.15, -0.1) is 0 Å². The molecule has 0 saturated carbocycles. The molecule has 0 amide bonds. The summed E-state index contributed by atoms with van der Waals surface area (Å²) in [6.07, 6.45) is 4.52. The third kappa shape index (κ3) is 3.68. The maximum atomic E-state index is 13.1. The summed E-state index contributed by atoms with van der Waals surface area (Å²) in [5.74, 6) is 1.63. The molecule has 2 aromatic carbocycles. The van der Waals surface area contributed by atoms with Crippen molar-refractivity contribution in [2.24, 2.45) is 0 Å². The van der Waals surface area contributed by atoms with Gasteiger partial charge in [0.2, 0.25) is 5.75 Å². The first-order valence-corrected chi connectivity index (χ1v) is 10.9. The molecule has 4 aromatic rings. The molecule has 1 aliphatic carbocycles. The highest BCUT2D eigenvalue weighted by atomic mass is 35.5. The molecule has 168 valence electrons. The number of aromatic nitrogens is 3. The monoisotopic (exact) mass is 463 g/mol. The SMILES string of the molecule is COc1cc(C2CC(=O)c3cn4ncc(-c5ccc(Cl)cc5)c4nc3C2)cc(OC)c1OC. The zero-order valence-corrected chi connectivity index (χ0v) is 19.2. The largest absolute Gasteiger partial charge is 0.493 e. The van der Waals surface area contributed by atoms with Crippen LogP contribution in [0.25, 0.3) is 16.8 Å². The molecule has 0 bridgehead atoms. The Kier molecular flexibility index (Phi) is 5.42. The van der Waals surface area contributed by atoms with Gasteiger partial charge in [-0.2, -0.15) is 5.10 Å². The molecule has 2 aromatic heterocycles. The van der Waals surface area contributed by atoms with E-state index in [9.17, 15) is 4.79 Å². The second-order valence-corrected chi connectivity index (χ2v) is 8.36. The zero-order valence-electron chi connectivity index (χ0n) is 18.5. The summed E-state index contributed by atoms with van der Waals surface area (Å²) in [6, 6.07) is 11.3. The summed E-state index contributed by atoms with van der Waals surface area (Å²) in [6.45, 7) is 0. The zero-order chi connectivity index (χ0) is 23.1. The molecule has 0 aliphatic heterocycles. The van der Waals surface area contributed by atoms with Crippen LogP contribution in [0.4, 0.5) is 0 Å². The number of rotatable bonds is 5. The summed E-state index contributed by atoms with van der Waals surface area (Å²) in [4.78, 5) is 18.0. The highest BCUT2D eigenvalue weighted by Gasteiger charge is 2.30. The highest BCUT2D eigenvalue weighted by molar-refractivity contribution is 6.30. The Balaban J connectivity index is 1.57. The van der Waals surface area contributed by atoms with E-state index in [1.807, 2.05) is 36.4 Å². The van der Waals surface area contributed by atoms with Crippen molar-refractivity contribution >= 4 is 23.0 Å². The maximum absolute atomic E-state index is 13.1. The molecule has 0 N–H and O–H groups in total. The van der Waals surface area contributed by atoms with Crippen molar-refractivity contribution in [3.63, 3.8) is 0 Å². The van der Waals surface area contributed by atoms with Gasteiger partial charge >= 0.3 is 0 Å². The minimum atomic E-state index is -0.0597. The second-order valence-electron chi connectivity index (χ2n) is 7.92. The number of carbonyl (C=O) groups excluding carboxylic acids is 1. The summed E-state index contributed by atoms with van der Waals surface area (Å²) >= 11 is 6.04. The molecule has 7 nitrogen and oxygen atoms in total. The van der Waals surface area contributed by atoms with E-state index in [0.717, 1.165) is 22.4 Å². The van der Waals surface area contributed by atoms with Crippen molar-refractivity contribution in [2.75, 3.05) is 21.3 Å². The highest BCUT2D eigenvalue weighted by Crippen LogP contribution is 2.42. The van der Waals surface area contributed by atoms with Crippen molar-refractivity contribution in [3.8, 4) is 28.4 Å². The van der Waals surface area contributed by atoms with E-state index in [1.165, 1.54) is 0 Å². The lowest BCUT2D eigenvalue weighted by molar-refractivity contribution is 0.0962. The lowest BCUT2D eigenvalue weighted by Crippen LogP contribution is -2.21. The molecular formula is C25H22ClN3O4. The first-order valence-electron chi connectivity index (χ1n) is 10.5. The molecule has 0 fully saturated rings. The van der Waals surface area contributed by atoms with Crippen LogP contribution >= 0.6 is 11.6 Å². The number of benzene rings is 2. The fraction of sp³-hybridized carbons (Fsp3) is 0.240. The summed E-state index contributed by atoms with van der Waals surface area (Å²) in [7, 11) is 4.73. The smallest absolute Gasteiger partial charge is 0.203 e. The molecule has 33 heavy (non-hydrogen) atoms. The minimum absolute atomic E-state index is 0.0351. The Morgan fingerprint density at radius 3 is 2.30 bits per heavy atom. The number of hydrogen-bond acceptors (Lipinski definition) is 6. The summed E-state index contributed by atoms with van der Waals surface area (Å²) in [5, 5.41) is 5.09. The van der Waals surface area contributed by atoms with E-state index in [0.29, 0.717) is 46.3 Å². The quantitative estimate of drug-likeness (QED) is 0.415. The lowest BCUT2D eigenvalue weighted by Gasteiger charge is -2.24. The minimum Gasteiger partial charge on any atom is -0.493 e. The van der Waals surface area contributed by atoms with Gasteiger partial charge in [-0.1, -0.05) is 23.7 Å². The van der Waals surface area contributed by atoms with Crippen LogP contribution in [0.1, 0.15) is 34.0 Å². The maximum Gasteiger partial charge on any atom is 0.203 e. The van der Waals surface area contributed by atoms with Crippen LogP contribution in [0.2, 0.25) is 5.02 Å². The van der Waals surface area contributed by atoms with Gasteiger partial charge in [-0.25, -0.2) is 9.50 Å². The summed E-state index contributed by atoms with van der Waals surface area (Å²) < 4.78 is 18.1. The fourth-order valence-electron chi connectivity index (χ4n) is 4.38. The van der Waals surface area contributed by atoms with Crippen LogP contribution in [-0.2, 0) is 6.42 Å². The average molecular weight is 464 g/mol. The summed E-state index contributed by atoms with van der Waals surface area (Å²) in [5.41, 5.74) is 4.86. The molecule has 0 radical (unpaired) electrons. The number of nitrogens with zero attached hydrogens (tertiary/aromatic N) is 3. The topological polar surface area (TPSA) is 75.0 Å². The van der Waals surface area contributed by atoms with E-state index < -0.39 is 0 Å². The third-order valence-corrected chi connectivity index (χ3v) is 6.31. The standard InChI is InChI=1S/C25H22ClN3O4/c1-31-22-10-16(11-23(32-2)24(22)33-3)15-8-20-19(21(30)9-15)13-29-25(28-20)18(12-27-29)14-4-6-17(26)7-5-14/h4-7,10-13,15H,8-9H2,1-3H3. The number of hydrogen-bond donors (Lipinski definition) is 0. The average Bonchev–Trinajstić information content (AvgIpc) is 3.25. The van der Waals surface area contributed by atoms with Crippen molar-refractivity contribution in [2.45, 2.75) is 18.8 Å². The van der Waals surface area contributed by atoms with Crippen molar-refractivity contribution in [1.29, 1.82) is 0 Å². The van der Waals surface area contributed by atoms with Crippen molar-refractivity contribution < 1.29 is 19.0 Å². The molecule has 1 atom stereocenters. The van der Waals surface area contributed by atoms with Gasteiger partial charge in [-0.3, -0.25) is 4.79 Å². The van der Waals surface area contributed by atoms with Gasteiger partial charge in [0, 0.05) is 23.2 Å². The number of methoxy groups -OCH3 is 3. The lowest BCUT2D eigenvalue weighted by atomic mass is 9.82. The Hall–Kier alpha value is -3.58. The number of carbonyl (C=O) groups is 1. The number of fused-ring (bicyclic) bond motifs is 2. The van der Waals surface area contributed by atoms with Crippen molar-refractivity contribution in [1.82, 2.24) is 14.6 Å². The van der Waals surface area contributed by atoms with E-state index in [4.69, 9.17) is 30.8 Å². The van der Waals surface area contributed by atoms with Gasteiger partial charge in [-0.05, 0) is 47.7 Å². The molecule has 0 spiro atoms. The normalized spacial score (nSPS) is 15.4. The molecular weight excluding hydrogens is 442 g/mol. The van der Waals surface area contributed by atoms with Crippen LogP contribution in [-0.4, -0.2) is 41.7 Å². The Morgan fingerprint density at radius 2 is 1.67 bits per heavy atom. The van der Waals surface area contributed by atoms with Gasteiger partial charge < -0.3 is 14.2 Å². The van der Waals surface area contributed by atoms with Gasteiger partial charge in [0.15, 0.2) is 22.9 Å². The number of halogens is 1. The van der Waals surface area contributed by atoms with E-state index in [-0.39, 0.29) is 11.7 Å². The van der Waals surface area contributed by atoms with Crippen LogP contribution < -0.4 is 14.2 Å². The Morgan fingerprint density at radius 1 is 0.970 bits per heavy atom. The van der Waals surface area contributed by atoms with Crippen LogP contribution in [0.5, 0.6) is 17.2 Å². The van der Waals surface area contributed by atoms with Crippen LogP contribution in [0.3, 0.4) is 0 Å². The number of ether oxygens (including phenoxy) is 3. The fourth-order valence-corrected chi connectivity index (χ4v) is 4.51. The Bertz CT molecular complexity index is 1340. The molecule has 1 aliphatic rings. The van der Waals surface area contributed by atoms with E-state index in [1.54, 1.807) is 38.2 Å². The predicted octanol–water partition coefficient (Wildman–Crippen LogP) is 4.99. The molecule has 8 heteroatoms. The van der Waals surface area contributed by atoms with E-state index >= 15 is 0 Å². The number of Topliss-reactive ketones (excluding diaryl/α,β-unsaturated/α-hetero) is 1. The van der Waals surface area contributed by atoms with Gasteiger partial charge in [0.25, 0.3) is 0 Å². The molecule has 2 heterocycles. The van der Waals surface area contributed by atoms with Crippen LogP contribution in [0, 0.1) is 0 Å². The molecule has 5 rings (SSSR count). The second kappa shape index (κ2) is 8.41. The van der Waals surface area contributed by atoms with Crippen LogP contribution in [0.15, 0.2) is 48.8 Å². The van der Waals surface area contributed by atoms with E-state index in [2.05, 4.69) is 5.10 Å². The first kappa shape index (κ1) is 21.3. The third-order valence-electron chi connectivity index (χ3n) is 6.06. The molecule has 0 saturated heterocycles. The number of ketones is 1. The Labute approximate surface area is 195 Å². The molecule has 1 unspecified atom stereocenters. The van der Waals surface area contributed by atoms with Gasteiger partial charge in [0.1, 0.15) is 0 Å². The van der Waals surface area contributed by atoms with Crippen molar-refractivity contribution in [3.05, 3.63) is 70.6 Å². The van der Waals surface area contributed by atoms with Gasteiger partial charge in [0.05, 0.1) is 38.8 Å².